The van der Waals surface area contributed by atoms with Crippen molar-refractivity contribution in [1.82, 2.24) is 15.3 Å². The van der Waals surface area contributed by atoms with Crippen LogP contribution in [0.2, 0.25) is 0 Å². The smallest absolute Gasteiger partial charge is 0.331 e. The molecule has 2 aromatic carbocycles. The first-order valence-electron chi connectivity index (χ1n) is 17.9. The summed E-state index contributed by atoms with van der Waals surface area (Å²) in [5.41, 5.74) is 5.08. The lowest BCUT2D eigenvalue weighted by molar-refractivity contribution is -0.148. The fraction of sp³-hybridized carbons (Fsp3) is 0.488. The van der Waals surface area contributed by atoms with Crippen molar-refractivity contribution < 1.29 is 14.3 Å². The second kappa shape index (κ2) is 21.0. The molecule has 6 heteroatoms. The quantitative estimate of drug-likeness (QED) is 0.0690. The molecule has 0 radical (unpaired) electrons. The highest BCUT2D eigenvalue weighted by Gasteiger charge is 2.14. The Morgan fingerprint density at radius 3 is 1.72 bits per heavy atom. The molecular weight excluding hydrogens is 582 g/mol. The van der Waals surface area contributed by atoms with Crippen LogP contribution < -0.4 is 5.32 Å². The predicted molar refractivity (Wildman–Crippen MR) is 197 cm³/mol. The van der Waals surface area contributed by atoms with Gasteiger partial charge in [-0.3, -0.25) is 4.79 Å². The molecule has 1 aromatic heterocycles. The van der Waals surface area contributed by atoms with Crippen LogP contribution >= 0.6 is 0 Å². The van der Waals surface area contributed by atoms with Gasteiger partial charge in [0.25, 0.3) is 0 Å². The van der Waals surface area contributed by atoms with Crippen LogP contribution in [0.25, 0.3) is 34.7 Å². The van der Waals surface area contributed by atoms with Crippen LogP contribution in [0.1, 0.15) is 129 Å². The van der Waals surface area contributed by atoms with Gasteiger partial charge in [0.05, 0.1) is 17.7 Å². The van der Waals surface area contributed by atoms with Gasteiger partial charge in [-0.1, -0.05) is 139 Å². The number of benzene rings is 2. The normalized spacial score (nSPS) is 11.8. The zero-order valence-corrected chi connectivity index (χ0v) is 29.3. The van der Waals surface area contributed by atoms with Gasteiger partial charge in [-0.2, -0.15) is 0 Å². The first-order chi connectivity index (χ1) is 22.7. The van der Waals surface area contributed by atoms with Crippen LogP contribution in [0, 0.1) is 0 Å². The van der Waals surface area contributed by atoms with Crippen molar-refractivity contribution in [2.45, 2.75) is 123 Å². The standard InChI is InChI=1S/C41H57N3O3/c1-5-6-7-8-9-10-11-12-13-14-15-16-17-18-31-42-37(45)29-23-33-19-25-35(26-20-33)39-40(44-32-43-39)36-27-21-34(22-28-36)24-30-38(46)47-41(2,3)4/h19-30,32H,5-18,31H2,1-4H3,(H,42,45)(H,43,44)/b29-23+,30-24+. The molecule has 3 aromatic rings. The van der Waals surface area contributed by atoms with E-state index in [-0.39, 0.29) is 11.9 Å². The van der Waals surface area contributed by atoms with E-state index >= 15 is 0 Å². The third-order valence-electron chi connectivity index (χ3n) is 8.10. The van der Waals surface area contributed by atoms with E-state index in [1.807, 2.05) is 75.4 Å². The molecule has 0 aliphatic rings. The van der Waals surface area contributed by atoms with Crippen molar-refractivity contribution in [3.63, 3.8) is 0 Å². The summed E-state index contributed by atoms with van der Waals surface area (Å²) in [6.07, 6.45) is 27.0. The van der Waals surface area contributed by atoms with Gasteiger partial charge in [-0.15, -0.1) is 0 Å². The number of carbonyl (C=O) groups is 2. The Balaban J connectivity index is 1.34. The van der Waals surface area contributed by atoms with Crippen LogP contribution in [-0.2, 0) is 14.3 Å². The maximum atomic E-state index is 12.3. The number of rotatable bonds is 21. The van der Waals surface area contributed by atoms with Crippen molar-refractivity contribution in [3.8, 4) is 22.5 Å². The predicted octanol–water partition coefficient (Wildman–Crippen LogP) is 10.7. The lowest BCUT2D eigenvalue weighted by Gasteiger charge is -2.17. The number of nitrogens with zero attached hydrogens (tertiary/aromatic N) is 1. The molecular formula is C41H57N3O3. The summed E-state index contributed by atoms with van der Waals surface area (Å²) < 4.78 is 5.33. The van der Waals surface area contributed by atoms with Gasteiger partial charge in [0, 0.05) is 29.8 Å². The van der Waals surface area contributed by atoms with Gasteiger partial charge in [0.15, 0.2) is 0 Å². The fourth-order valence-corrected chi connectivity index (χ4v) is 5.51. The van der Waals surface area contributed by atoms with Gasteiger partial charge < -0.3 is 15.0 Å². The van der Waals surface area contributed by atoms with Crippen molar-refractivity contribution in [2.75, 3.05) is 6.54 Å². The molecule has 2 N–H and O–H groups in total. The SMILES string of the molecule is CCCCCCCCCCCCCCCCNC(=O)/C=C/c1ccc(-c2nc[nH]c2-c2ccc(/C=C/C(=O)OC(C)(C)C)cc2)cc1. The van der Waals surface area contributed by atoms with E-state index in [4.69, 9.17) is 4.74 Å². The molecule has 47 heavy (non-hydrogen) atoms. The Morgan fingerprint density at radius 1 is 0.702 bits per heavy atom. The number of esters is 1. The molecule has 0 aliphatic carbocycles. The average molecular weight is 640 g/mol. The molecule has 1 heterocycles. The van der Waals surface area contributed by atoms with Gasteiger partial charge in [-0.25, -0.2) is 9.78 Å². The van der Waals surface area contributed by atoms with Crippen LogP contribution in [0.5, 0.6) is 0 Å². The number of aromatic nitrogens is 2. The number of amides is 1. The van der Waals surface area contributed by atoms with E-state index in [0.717, 1.165) is 46.6 Å². The van der Waals surface area contributed by atoms with E-state index < -0.39 is 5.60 Å². The van der Waals surface area contributed by atoms with E-state index in [0.29, 0.717) is 0 Å². The van der Waals surface area contributed by atoms with Crippen molar-refractivity contribution in [1.29, 1.82) is 0 Å². The Kier molecular flexibility index (Phi) is 16.8. The second-order valence-electron chi connectivity index (χ2n) is 13.5. The first kappa shape index (κ1) is 37.5. The van der Waals surface area contributed by atoms with Crippen LogP contribution in [0.15, 0.2) is 67.0 Å². The Bertz CT molecular complexity index is 1380. The maximum Gasteiger partial charge on any atom is 0.331 e. The monoisotopic (exact) mass is 639 g/mol. The van der Waals surface area contributed by atoms with E-state index in [2.05, 4.69) is 22.2 Å². The highest BCUT2D eigenvalue weighted by atomic mass is 16.6. The third-order valence-corrected chi connectivity index (χ3v) is 8.10. The minimum absolute atomic E-state index is 0.0530. The van der Waals surface area contributed by atoms with Crippen LogP contribution in [-0.4, -0.2) is 34.0 Å². The van der Waals surface area contributed by atoms with Gasteiger partial charge in [0.2, 0.25) is 5.91 Å². The highest BCUT2D eigenvalue weighted by molar-refractivity contribution is 5.92. The minimum Gasteiger partial charge on any atom is -0.457 e. The van der Waals surface area contributed by atoms with Crippen LogP contribution in [0.3, 0.4) is 0 Å². The summed E-state index contributed by atoms with van der Waals surface area (Å²) in [7, 11) is 0. The van der Waals surface area contributed by atoms with Gasteiger partial charge in [-0.05, 0) is 50.5 Å². The lowest BCUT2D eigenvalue weighted by atomic mass is 10.0. The van der Waals surface area contributed by atoms with E-state index in [1.54, 1.807) is 18.5 Å². The Morgan fingerprint density at radius 2 is 1.19 bits per heavy atom. The number of nitrogens with one attached hydrogen (secondary N) is 2. The largest absolute Gasteiger partial charge is 0.457 e. The summed E-state index contributed by atoms with van der Waals surface area (Å²) in [6.45, 7) is 8.54. The number of hydrogen-bond donors (Lipinski definition) is 2. The number of hydrogen-bond acceptors (Lipinski definition) is 4. The topological polar surface area (TPSA) is 84.1 Å². The highest BCUT2D eigenvalue weighted by Crippen LogP contribution is 2.29. The third kappa shape index (κ3) is 15.5. The van der Waals surface area contributed by atoms with Crippen molar-refractivity contribution in [3.05, 3.63) is 78.1 Å². The van der Waals surface area contributed by atoms with E-state index in [9.17, 15) is 9.59 Å². The van der Waals surface area contributed by atoms with Crippen molar-refractivity contribution in [2.24, 2.45) is 0 Å². The van der Waals surface area contributed by atoms with E-state index in [1.165, 1.54) is 89.5 Å². The first-order valence-corrected chi connectivity index (χ1v) is 17.9. The zero-order valence-electron chi connectivity index (χ0n) is 29.3. The molecule has 0 atom stereocenters. The molecule has 0 fully saturated rings. The summed E-state index contributed by atoms with van der Waals surface area (Å²) in [5.74, 6) is -0.417. The Labute approximate surface area is 283 Å². The van der Waals surface area contributed by atoms with Crippen LogP contribution in [0.4, 0.5) is 0 Å². The number of carbonyl (C=O) groups excluding carboxylic acids is 2. The molecule has 254 valence electrons. The van der Waals surface area contributed by atoms with Crippen molar-refractivity contribution >= 4 is 24.0 Å². The fourth-order valence-electron chi connectivity index (χ4n) is 5.51. The molecule has 1 amide bonds. The summed E-state index contributed by atoms with van der Waals surface area (Å²) in [5, 5.41) is 3.01. The molecule has 6 nitrogen and oxygen atoms in total. The molecule has 0 unspecified atom stereocenters. The lowest BCUT2D eigenvalue weighted by Crippen LogP contribution is -2.22. The molecule has 0 aliphatic heterocycles. The molecule has 0 spiro atoms. The zero-order chi connectivity index (χ0) is 33.7. The average Bonchev–Trinajstić information content (AvgIpc) is 3.54. The number of aromatic amines is 1. The molecule has 0 bridgehead atoms. The molecule has 0 saturated carbocycles. The molecule has 0 saturated heterocycles. The summed E-state index contributed by atoms with van der Waals surface area (Å²) in [6, 6.07) is 15.9. The van der Waals surface area contributed by atoms with Gasteiger partial charge in [0.1, 0.15) is 5.60 Å². The number of ether oxygens (including phenoxy) is 1. The minimum atomic E-state index is -0.517. The van der Waals surface area contributed by atoms with Gasteiger partial charge >= 0.3 is 5.97 Å². The summed E-state index contributed by atoms with van der Waals surface area (Å²) in [4.78, 5) is 32.1. The number of unbranched alkanes of at least 4 members (excludes halogenated alkanes) is 13. The number of imidazole rings is 1. The second-order valence-corrected chi connectivity index (χ2v) is 13.5. The molecule has 3 rings (SSSR count). The maximum absolute atomic E-state index is 12.3. The Hall–Kier alpha value is -3.93. The summed E-state index contributed by atoms with van der Waals surface area (Å²) >= 11 is 0. The number of H-pyrrole nitrogens is 1.